The van der Waals surface area contributed by atoms with Crippen LogP contribution in [0.1, 0.15) is 42.5 Å². The first-order chi connectivity index (χ1) is 10.6. The fourth-order valence-electron chi connectivity index (χ4n) is 2.65. The van der Waals surface area contributed by atoms with Gasteiger partial charge in [0.1, 0.15) is 0 Å². The number of non-ortho nitro benzene ring substituents is 1. The van der Waals surface area contributed by atoms with Crippen molar-refractivity contribution in [2.45, 2.75) is 44.2 Å². The van der Waals surface area contributed by atoms with Crippen LogP contribution in [0.15, 0.2) is 29.4 Å². The first kappa shape index (κ1) is 15.8. The van der Waals surface area contributed by atoms with Gasteiger partial charge in [0.25, 0.3) is 11.6 Å². The van der Waals surface area contributed by atoms with E-state index in [0.29, 0.717) is 5.56 Å². The molecular weight excluding hydrogens is 286 g/mol. The zero-order chi connectivity index (χ0) is 15.9. The molecule has 1 amide bonds. The molecule has 0 unspecified atom stereocenters. The van der Waals surface area contributed by atoms with Crippen LogP contribution < -0.4 is 5.32 Å². The van der Waals surface area contributed by atoms with E-state index in [0.717, 1.165) is 32.1 Å². The lowest BCUT2D eigenvalue weighted by molar-refractivity contribution is -0.384. The molecular formula is C14H17N5O3. The van der Waals surface area contributed by atoms with E-state index in [1.165, 1.54) is 24.3 Å². The number of nitrogens with zero attached hydrogens (tertiary/aromatic N) is 4. The average molecular weight is 303 g/mol. The number of benzene rings is 1. The van der Waals surface area contributed by atoms with Crippen molar-refractivity contribution in [1.82, 2.24) is 5.32 Å². The summed E-state index contributed by atoms with van der Waals surface area (Å²) in [7, 11) is 0. The molecule has 22 heavy (non-hydrogen) atoms. The quantitative estimate of drug-likeness (QED) is 0.229. The second kappa shape index (κ2) is 7.42. The third-order valence-electron chi connectivity index (χ3n) is 3.84. The molecule has 0 spiro atoms. The minimum absolute atomic E-state index is 0.0574. The van der Waals surface area contributed by atoms with Gasteiger partial charge in [0.15, 0.2) is 0 Å². The Kier molecular flexibility index (Phi) is 5.32. The van der Waals surface area contributed by atoms with Crippen LogP contribution in [0.2, 0.25) is 0 Å². The molecule has 2 atom stereocenters. The molecule has 1 aromatic rings. The van der Waals surface area contributed by atoms with Crippen LogP contribution in [-0.2, 0) is 0 Å². The van der Waals surface area contributed by atoms with Crippen molar-refractivity contribution in [1.29, 1.82) is 0 Å². The van der Waals surface area contributed by atoms with Crippen LogP contribution in [0.3, 0.4) is 0 Å². The van der Waals surface area contributed by atoms with Gasteiger partial charge >= 0.3 is 0 Å². The molecule has 0 saturated heterocycles. The van der Waals surface area contributed by atoms with Crippen molar-refractivity contribution >= 4 is 11.6 Å². The van der Waals surface area contributed by atoms with Crippen molar-refractivity contribution in [2.75, 3.05) is 0 Å². The van der Waals surface area contributed by atoms with Crippen molar-refractivity contribution in [3.8, 4) is 0 Å². The van der Waals surface area contributed by atoms with E-state index in [9.17, 15) is 14.9 Å². The lowest BCUT2D eigenvalue weighted by Gasteiger charge is -2.22. The highest BCUT2D eigenvalue weighted by molar-refractivity contribution is 5.94. The highest BCUT2D eigenvalue weighted by atomic mass is 16.6. The summed E-state index contributed by atoms with van der Waals surface area (Å²) in [5.74, 6) is -0.306. The number of carbonyl (C=O) groups excluding carboxylic acids is 1. The van der Waals surface area contributed by atoms with Crippen molar-refractivity contribution in [3.05, 3.63) is 50.4 Å². The Balaban J connectivity index is 2.08. The van der Waals surface area contributed by atoms with Crippen LogP contribution >= 0.6 is 0 Å². The summed E-state index contributed by atoms with van der Waals surface area (Å²) in [6.07, 6.45) is 4.54. The van der Waals surface area contributed by atoms with Crippen LogP contribution in [-0.4, -0.2) is 22.9 Å². The van der Waals surface area contributed by atoms with Gasteiger partial charge in [-0.3, -0.25) is 14.9 Å². The first-order valence-corrected chi connectivity index (χ1v) is 7.21. The third kappa shape index (κ3) is 3.95. The number of nitro benzene ring substituents is 1. The number of amides is 1. The van der Waals surface area contributed by atoms with Crippen LogP contribution in [0.25, 0.3) is 10.4 Å². The van der Waals surface area contributed by atoms with Gasteiger partial charge in [-0.25, -0.2) is 0 Å². The molecule has 1 aliphatic carbocycles. The molecule has 1 saturated carbocycles. The topological polar surface area (TPSA) is 121 Å². The molecule has 1 aromatic carbocycles. The number of azide groups is 1. The molecule has 0 aromatic heterocycles. The van der Waals surface area contributed by atoms with Crippen molar-refractivity contribution < 1.29 is 9.72 Å². The molecule has 8 nitrogen and oxygen atoms in total. The Labute approximate surface area is 127 Å². The number of rotatable bonds is 4. The maximum atomic E-state index is 12.2. The predicted octanol–water partition coefficient (Wildman–Crippen LogP) is 3.34. The zero-order valence-corrected chi connectivity index (χ0v) is 12.0. The van der Waals surface area contributed by atoms with E-state index >= 15 is 0 Å². The number of hydrogen-bond acceptors (Lipinski definition) is 4. The van der Waals surface area contributed by atoms with Crippen molar-refractivity contribution in [2.24, 2.45) is 5.11 Å². The Morgan fingerprint density at radius 3 is 2.59 bits per heavy atom. The smallest absolute Gasteiger partial charge is 0.269 e. The lowest BCUT2D eigenvalue weighted by Crippen LogP contribution is -2.41. The summed E-state index contributed by atoms with van der Waals surface area (Å²) in [5.41, 5.74) is 8.94. The Morgan fingerprint density at radius 1 is 1.27 bits per heavy atom. The third-order valence-corrected chi connectivity index (χ3v) is 3.84. The van der Waals surface area contributed by atoms with E-state index in [4.69, 9.17) is 5.53 Å². The molecule has 0 aliphatic heterocycles. The molecule has 1 fully saturated rings. The number of hydrogen-bond donors (Lipinski definition) is 1. The largest absolute Gasteiger partial charge is 0.349 e. The maximum Gasteiger partial charge on any atom is 0.269 e. The van der Waals surface area contributed by atoms with Gasteiger partial charge in [0, 0.05) is 28.6 Å². The van der Waals surface area contributed by atoms with Gasteiger partial charge in [-0.2, -0.15) is 0 Å². The summed E-state index contributed by atoms with van der Waals surface area (Å²) in [4.78, 5) is 25.2. The van der Waals surface area contributed by atoms with Gasteiger partial charge < -0.3 is 5.32 Å². The second-order valence-electron chi connectivity index (χ2n) is 5.29. The molecule has 8 heteroatoms. The Hall–Kier alpha value is -2.60. The fourth-order valence-corrected chi connectivity index (χ4v) is 2.65. The Bertz CT molecular complexity index is 595. The highest BCUT2D eigenvalue weighted by Gasteiger charge is 2.24. The van der Waals surface area contributed by atoms with E-state index in [1.54, 1.807) is 0 Å². The molecule has 1 N–H and O–H groups in total. The van der Waals surface area contributed by atoms with Gasteiger partial charge in [0.05, 0.1) is 11.0 Å². The van der Waals surface area contributed by atoms with Gasteiger partial charge in [-0.05, 0) is 30.5 Å². The van der Waals surface area contributed by atoms with Gasteiger partial charge in [0.2, 0.25) is 0 Å². The summed E-state index contributed by atoms with van der Waals surface area (Å²) in [5, 5.41) is 17.3. The van der Waals surface area contributed by atoms with Crippen LogP contribution in [0.5, 0.6) is 0 Å². The summed E-state index contributed by atoms with van der Waals surface area (Å²) < 4.78 is 0. The monoisotopic (exact) mass is 303 g/mol. The number of carbonyl (C=O) groups is 1. The molecule has 2 rings (SSSR count). The molecule has 116 valence electrons. The van der Waals surface area contributed by atoms with Gasteiger partial charge in [-0.1, -0.05) is 24.4 Å². The molecule has 0 bridgehead atoms. The minimum atomic E-state index is -0.509. The summed E-state index contributed by atoms with van der Waals surface area (Å²) in [6, 6.07) is 5.01. The summed E-state index contributed by atoms with van der Waals surface area (Å²) >= 11 is 0. The van der Waals surface area contributed by atoms with E-state index in [2.05, 4.69) is 15.3 Å². The van der Waals surface area contributed by atoms with Gasteiger partial charge in [-0.15, -0.1) is 0 Å². The van der Waals surface area contributed by atoms with Crippen LogP contribution in [0, 0.1) is 10.1 Å². The zero-order valence-electron chi connectivity index (χ0n) is 12.0. The van der Waals surface area contributed by atoms with Crippen molar-refractivity contribution in [3.63, 3.8) is 0 Å². The Morgan fingerprint density at radius 2 is 1.95 bits per heavy atom. The SMILES string of the molecule is [N-]=[N+]=N[C@@H]1CCCCC[C@H]1NC(=O)c1ccc([N+](=O)[O-])cc1. The predicted molar refractivity (Wildman–Crippen MR) is 80.4 cm³/mol. The minimum Gasteiger partial charge on any atom is -0.349 e. The highest BCUT2D eigenvalue weighted by Crippen LogP contribution is 2.21. The maximum absolute atomic E-state index is 12.2. The first-order valence-electron chi connectivity index (χ1n) is 7.21. The second-order valence-corrected chi connectivity index (χ2v) is 5.29. The molecule has 0 radical (unpaired) electrons. The lowest BCUT2D eigenvalue weighted by atomic mass is 10.0. The normalized spacial score (nSPS) is 21.3. The van der Waals surface area contributed by atoms with E-state index < -0.39 is 4.92 Å². The van der Waals surface area contributed by atoms with E-state index in [1.807, 2.05) is 0 Å². The summed E-state index contributed by atoms with van der Waals surface area (Å²) in [6.45, 7) is 0. The van der Waals surface area contributed by atoms with E-state index in [-0.39, 0.29) is 23.7 Å². The number of nitrogens with one attached hydrogen (secondary N) is 1. The molecule has 1 aliphatic rings. The average Bonchev–Trinajstić information content (AvgIpc) is 2.73. The number of nitro groups is 1. The molecule has 0 heterocycles. The fraction of sp³-hybridized carbons (Fsp3) is 0.500. The standard InChI is InChI=1S/C14H17N5O3/c15-18-17-13-5-3-1-2-4-12(13)16-14(20)10-6-8-11(9-7-10)19(21)22/h6-9,12-13H,1-5H2,(H,16,20)/t12-,13-/m1/s1. The van der Waals surface area contributed by atoms with Crippen LogP contribution in [0.4, 0.5) is 5.69 Å².